The van der Waals surface area contributed by atoms with Crippen molar-refractivity contribution in [2.75, 3.05) is 0 Å². The second-order valence-electron chi connectivity index (χ2n) is 3.96. The Kier molecular flexibility index (Phi) is 1.74. The number of imidazole rings is 2. The van der Waals surface area contributed by atoms with Crippen LogP contribution in [0.1, 0.15) is 0 Å². The Morgan fingerprint density at radius 3 is 2.78 bits per heavy atom. The average molecular weight is 236 g/mol. The maximum absolute atomic E-state index is 4.31. The summed E-state index contributed by atoms with van der Waals surface area (Å²) in [5.74, 6) is 0. The van der Waals surface area contributed by atoms with Gasteiger partial charge in [0.25, 0.3) is 0 Å². The van der Waals surface area contributed by atoms with E-state index in [9.17, 15) is 0 Å². The average Bonchev–Trinajstić information content (AvgIpc) is 3.05. The predicted octanol–water partition coefficient (Wildman–Crippen LogP) is 1.90. The van der Waals surface area contributed by atoms with Crippen molar-refractivity contribution in [1.29, 1.82) is 0 Å². The Bertz CT molecular complexity index is 844. The topological polar surface area (TPSA) is 83.1 Å². The summed E-state index contributed by atoms with van der Waals surface area (Å²) in [5.41, 5.74) is 5.28. The molecule has 0 saturated heterocycles. The van der Waals surface area contributed by atoms with Crippen LogP contribution in [0, 0.1) is 0 Å². The van der Waals surface area contributed by atoms with Gasteiger partial charge in [0.15, 0.2) is 11.3 Å². The zero-order chi connectivity index (χ0) is 11.9. The predicted molar refractivity (Wildman–Crippen MR) is 66.8 cm³/mol. The largest absolute Gasteiger partial charge is 0.343 e. The first kappa shape index (κ1) is 9.29. The minimum Gasteiger partial charge on any atom is -0.343 e. The molecule has 0 aliphatic rings. The third-order valence-corrected chi connectivity index (χ3v) is 2.91. The molecule has 6 nitrogen and oxygen atoms in total. The minimum absolute atomic E-state index is 0.706. The maximum Gasteiger partial charge on any atom is 0.178 e. The number of nitrogens with one attached hydrogen (secondary N) is 2. The van der Waals surface area contributed by atoms with Crippen LogP contribution in [0.3, 0.4) is 0 Å². The van der Waals surface area contributed by atoms with E-state index in [1.165, 1.54) is 0 Å². The van der Waals surface area contributed by atoms with Gasteiger partial charge in [-0.2, -0.15) is 0 Å². The van der Waals surface area contributed by atoms with E-state index in [4.69, 9.17) is 0 Å². The van der Waals surface area contributed by atoms with Gasteiger partial charge in [-0.3, -0.25) is 0 Å². The highest BCUT2D eigenvalue weighted by Crippen LogP contribution is 2.26. The number of nitrogens with zero attached hydrogens (tertiary/aromatic N) is 4. The van der Waals surface area contributed by atoms with E-state index in [1.807, 2.05) is 12.1 Å². The molecule has 0 aliphatic heterocycles. The number of hydrogen-bond donors (Lipinski definition) is 2. The lowest BCUT2D eigenvalue weighted by molar-refractivity contribution is 1.30. The number of pyridine rings is 2. The van der Waals surface area contributed by atoms with Crippen molar-refractivity contribution in [3.8, 4) is 11.1 Å². The molecule has 0 bridgehead atoms. The SMILES string of the molecule is c1cc(-c2cnc3nc[nH]c3c2)c2[nH]cnc2n1. The molecule has 4 heterocycles. The molecule has 0 fully saturated rings. The summed E-state index contributed by atoms with van der Waals surface area (Å²) >= 11 is 0. The van der Waals surface area contributed by atoms with Gasteiger partial charge in [-0.15, -0.1) is 0 Å². The standard InChI is InChI=1S/C12H8N6/c1-2-13-12-10(16-6-18-12)8(1)7-3-9-11(14-4-7)17-5-15-9/h1-6H,(H,13,16,18)(H,14,15,17). The van der Waals surface area contributed by atoms with Crippen molar-refractivity contribution in [3.05, 3.63) is 37.2 Å². The lowest BCUT2D eigenvalue weighted by Gasteiger charge is -2.01. The van der Waals surface area contributed by atoms with Crippen LogP contribution in [0.25, 0.3) is 33.5 Å². The summed E-state index contributed by atoms with van der Waals surface area (Å²) in [7, 11) is 0. The summed E-state index contributed by atoms with van der Waals surface area (Å²) in [6.07, 6.45) is 6.83. The Balaban J connectivity index is 2.03. The van der Waals surface area contributed by atoms with Crippen molar-refractivity contribution in [3.63, 3.8) is 0 Å². The highest BCUT2D eigenvalue weighted by atomic mass is 15.0. The molecule has 18 heavy (non-hydrogen) atoms. The van der Waals surface area contributed by atoms with E-state index in [0.717, 1.165) is 22.2 Å². The van der Waals surface area contributed by atoms with Gasteiger partial charge in [0.1, 0.15) is 0 Å². The van der Waals surface area contributed by atoms with Gasteiger partial charge in [0.2, 0.25) is 0 Å². The molecule has 6 heteroatoms. The molecule has 4 aromatic rings. The Labute approximate surface area is 101 Å². The van der Waals surface area contributed by atoms with Gasteiger partial charge in [-0.1, -0.05) is 0 Å². The molecule has 0 aromatic carbocycles. The van der Waals surface area contributed by atoms with Crippen molar-refractivity contribution < 1.29 is 0 Å². The van der Waals surface area contributed by atoms with E-state index in [2.05, 4.69) is 29.9 Å². The Morgan fingerprint density at radius 1 is 0.889 bits per heavy atom. The van der Waals surface area contributed by atoms with Crippen LogP contribution in [0.15, 0.2) is 37.2 Å². The first-order chi connectivity index (χ1) is 8.92. The summed E-state index contributed by atoms with van der Waals surface area (Å²) in [4.78, 5) is 22.9. The second-order valence-corrected chi connectivity index (χ2v) is 3.96. The molecule has 0 atom stereocenters. The number of aromatic amines is 2. The van der Waals surface area contributed by atoms with Crippen molar-refractivity contribution in [2.45, 2.75) is 0 Å². The van der Waals surface area contributed by atoms with Crippen molar-refractivity contribution in [2.24, 2.45) is 0 Å². The van der Waals surface area contributed by atoms with Crippen LogP contribution in [0.2, 0.25) is 0 Å². The van der Waals surface area contributed by atoms with E-state index in [-0.39, 0.29) is 0 Å². The number of fused-ring (bicyclic) bond motifs is 2. The molecule has 0 spiro atoms. The van der Waals surface area contributed by atoms with Crippen LogP contribution in [-0.2, 0) is 0 Å². The van der Waals surface area contributed by atoms with E-state index >= 15 is 0 Å². The van der Waals surface area contributed by atoms with E-state index in [1.54, 1.807) is 25.0 Å². The number of aromatic nitrogens is 6. The first-order valence-electron chi connectivity index (χ1n) is 5.49. The molecule has 0 radical (unpaired) electrons. The molecule has 0 saturated carbocycles. The fraction of sp³-hybridized carbons (Fsp3) is 0. The quantitative estimate of drug-likeness (QED) is 0.528. The number of rotatable bonds is 1. The van der Waals surface area contributed by atoms with Crippen LogP contribution in [0.4, 0.5) is 0 Å². The Morgan fingerprint density at radius 2 is 1.78 bits per heavy atom. The molecule has 4 aromatic heterocycles. The molecule has 86 valence electrons. The van der Waals surface area contributed by atoms with E-state index < -0.39 is 0 Å². The van der Waals surface area contributed by atoms with Gasteiger partial charge in [-0.25, -0.2) is 19.9 Å². The normalized spacial score (nSPS) is 11.3. The molecule has 2 N–H and O–H groups in total. The fourth-order valence-electron chi connectivity index (χ4n) is 2.07. The van der Waals surface area contributed by atoms with Crippen molar-refractivity contribution in [1.82, 2.24) is 29.9 Å². The first-order valence-corrected chi connectivity index (χ1v) is 5.49. The second kappa shape index (κ2) is 3.36. The van der Waals surface area contributed by atoms with Gasteiger partial charge in [0.05, 0.1) is 23.7 Å². The van der Waals surface area contributed by atoms with Gasteiger partial charge in [0, 0.05) is 23.5 Å². The molecule has 0 unspecified atom stereocenters. The van der Waals surface area contributed by atoms with Crippen LogP contribution >= 0.6 is 0 Å². The lowest BCUT2D eigenvalue weighted by Crippen LogP contribution is -1.85. The lowest BCUT2D eigenvalue weighted by atomic mass is 10.1. The molecule has 0 amide bonds. The molecular formula is C12H8N6. The highest BCUT2D eigenvalue weighted by molar-refractivity contribution is 5.91. The third-order valence-electron chi connectivity index (χ3n) is 2.91. The summed E-state index contributed by atoms with van der Waals surface area (Å²) in [6.45, 7) is 0. The number of hydrogen-bond acceptors (Lipinski definition) is 4. The Hall–Kier alpha value is -2.76. The summed E-state index contributed by atoms with van der Waals surface area (Å²) < 4.78 is 0. The zero-order valence-corrected chi connectivity index (χ0v) is 9.25. The minimum atomic E-state index is 0.706. The number of H-pyrrole nitrogens is 2. The zero-order valence-electron chi connectivity index (χ0n) is 9.25. The molecular weight excluding hydrogens is 228 g/mol. The molecule has 4 rings (SSSR count). The van der Waals surface area contributed by atoms with Crippen molar-refractivity contribution >= 4 is 22.3 Å². The maximum atomic E-state index is 4.31. The van der Waals surface area contributed by atoms with E-state index in [0.29, 0.717) is 11.3 Å². The summed E-state index contributed by atoms with van der Waals surface area (Å²) in [5, 5.41) is 0. The molecule has 0 aliphatic carbocycles. The smallest absolute Gasteiger partial charge is 0.178 e. The van der Waals surface area contributed by atoms with Gasteiger partial charge >= 0.3 is 0 Å². The van der Waals surface area contributed by atoms with Crippen LogP contribution < -0.4 is 0 Å². The van der Waals surface area contributed by atoms with Gasteiger partial charge < -0.3 is 9.97 Å². The van der Waals surface area contributed by atoms with Gasteiger partial charge in [-0.05, 0) is 12.1 Å². The third kappa shape index (κ3) is 1.22. The van der Waals surface area contributed by atoms with Crippen LogP contribution in [0.5, 0.6) is 0 Å². The fourth-order valence-corrected chi connectivity index (χ4v) is 2.07. The van der Waals surface area contributed by atoms with Crippen LogP contribution in [-0.4, -0.2) is 29.9 Å². The highest BCUT2D eigenvalue weighted by Gasteiger charge is 2.08. The monoisotopic (exact) mass is 236 g/mol. The summed E-state index contributed by atoms with van der Waals surface area (Å²) in [6, 6.07) is 3.96.